The van der Waals surface area contributed by atoms with E-state index in [1.54, 1.807) is 0 Å². The maximum atomic E-state index is 3.81. The van der Waals surface area contributed by atoms with Gasteiger partial charge in [-0.2, -0.15) is 0 Å². The number of rotatable bonds is 0. The highest BCUT2D eigenvalue weighted by Crippen LogP contribution is 2.39. The predicted octanol–water partition coefficient (Wildman–Crippen LogP) is 2.64. The van der Waals surface area contributed by atoms with Crippen molar-refractivity contribution in [3.8, 4) is 0 Å². The van der Waals surface area contributed by atoms with Gasteiger partial charge in [-0.25, -0.2) is 0 Å². The van der Waals surface area contributed by atoms with Gasteiger partial charge in [0.1, 0.15) is 0 Å². The van der Waals surface area contributed by atoms with E-state index in [4.69, 9.17) is 0 Å². The molecule has 0 radical (unpaired) electrons. The van der Waals surface area contributed by atoms with Crippen LogP contribution >= 0.6 is 0 Å². The van der Waals surface area contributed by atoms with Crippen molar-refractivity contribution in [3.63, 3.8) is 0 Å². The van der Waals surface area contributed by atoms with E-state index >= 15 is 0 Å². The van der Waals surface area contributed by atoms with Crippen molar-refractivity contribution in [1.29, 1.82) is 0 Å². The highest BCUT2D eigenvalue weighted by molar-refractivity contribution is 5.06. The van der Waals surface area contributed by atoms with Crippen LogP contribution in [0.3, 0.4) is 0 Å². The molecule has 0 aromatic rings. The molecule has 2 nitrogen and oxygen atoms in total. The lowest BCUT2D eigenvalue weighted by molar-refractivity contribution is -0.0197. The Kier molecular flexibility index (Phi) is 2.87. The van der Waals surface area contributed by atoms with Crippen molar-refractivity contribution in [1.82, 2.24) is 10.2 Å². The van der Waals surface area contributed by atoms with Crippen LogP contribution < -0.4 is 5.32 Å². The molecule has 2 fully saturated rings. The van der Waals surface area contributed by atoms with Gasteiger partial charge in [0, 0.05) is 30.2 Å². The molecule has 0 spiro atoms. The van der Waals surface area contributed by atoms with Crippen LogP contribution in [-0.4, -0.2) is 35.1 Å². The van der Waals surface area contributed by atoms with Gasteiger partial charge in [-0.1, -0.05) is 20.8 Å². The molecule has 1 N–H and O–H groups in total. The van der Waals surface area contributed by atoms with Crippen LogP contribution in [0.4, 0.5) is 0 Å². The summed E-state index contributed by atoms with van der Waals surface area (Å²) in [6.07, 6.45) is 2.73. The van der Waals surface area contributed by atoms with E-state index in [0.29, 0.717) is 23.0 Å². The SMILES string of the molecule is CC(C)(C)C1C2CCC(CN1C(C)(C)C)N2. The molecule has 3 atom stereocenters. The van der Waals surface area contributed by atoms with Crippen molar-refractivity contribution < 1.29 is 0 Å². The zero-order chi connectivity index (χ0) is 12.1. The first kappa shape index (κ1) is 12.4. The minimum absolute atomic E-state index is 0.293. The monoisotopic (exact) mass is 224 g/mol. The second-order valence-electron chi connectivity index (χ2n) is 7.68. The minimum Gasteiger partial charge on any atom is -0.308 e. The Morgan fingerprint density at radius 1 is 1.00 bits per heavy atom. The summed E-state index contributed by atoms with van der Waals surface area (Å²) in [5.41, 5.74) is 0.654. The summed E-state index contributed by atoms with van der Waals surface area (Å²) in [5.74, 6) is 0. The highest BCUT2D eigenvalue weighted by Gasteiger charge is 2.48. The van der Waals surface area contributed by atoms with Crippen LogP contribution in [0.15, 0.2) is 0 Å². The zero-order valence-electron chi connectivity index (χ0n) is 11.8. The van der Waals surface area contributed by atoms with E-state index in [-0.39, 0.29) is 0 Å². The lowest BCUT2D eigenvalue weighted by Crippen LogP contribution is -2.66. The third-order valence-electron chi connectivity index (χ3n) is 4.16. The van der Waals surface area contributed by atoms with E-state index in [9.17, 15) is 0 Å². The Bertz CT molecular complexity index is 259. The summed E-state index contributed by atoms with van der Waals surface area (Å²) < 4.78 is 0. The summed E-state index contributed by atoms with van der Waals surface area (Å²) in [5, 5.41) is 3.81. The lowest BCUT2D eigenvalue weighted by atomic mass is 9.78. The van der Waals surface area contributed by atoms with Gasteiger partial charge < -0.3 is 5.32 Å². The van der Waals surface area contributed by atoms with E-state index < -0.39 is 0 Å². The lowest BCUT2D eigenvalue weighted by Gasteiger charge is -2.53. The van der Waals surface area contributed by atoms with Crippen molar-refractivity contribution in [2.45, 2.75) is 78.0 Å². The third kappa shape index (κ3) is 2.14. The van der Waals surface area contributed by atoms with Gasteiger partial charge in [0.25, 0.3) is 0 Å². The Morgan fingerprint density at radius 3 is 2.12 bits per heavy atom. The average Bonchev–Trinajstić information content (AvgIpc) is 2.42. The van der Waals surface area contributed by atoms with E-state index in [0.717, 1.165) is 6.04 Å². The largest absolute Gasteiger partial charge is 0.308 e. The molecule has 2 aliphatic rings. The third-order valence-corrected chi connectivity index (χ3v) is 4.16. The van der Waals surface area contributed by atoms with Crippen LogP contribution in [0.1, 0.15) is 54.4 Å². The van der Waals surface area contributed by atoms with Crippen LogP contribution in [-0.2, 0) is 0 Å². The number of nitrogens with zero attached hydrogens (tertiary/aromatic N) is 1. The first-order valence-corrected chi connectivity index (χ1v) is 6.72. The quantitative estimate of drug-likeness (QED) is 0.680. The number of fused-ring (bicyclic) bond motifs is 2. The van der Waals surface area contributed by atoms with Crippen LogP contribution in [0.25, 0.3) is 0 Å². The average molecular weight is 224 g/mol. The van der Waals surface area contributed by atoms with Gasteiger partial charge in [0.2, 0.25) is 0 Å². The molecule has 0 aromatic heterocycles. The Balaban J connectivity index is 2.28. The zero-order valence-corrected chi connectivity index (χ0v) is 11.8. The first-order valence-electron chi connectivity index (χ1n) is 6.72. The van der Waals surface area contributed by atoms with Crippen LogP contribution in [0.2, 0.25) is 0 Å². The minimum atomic E-state index is 0.293. The molecule has 16 heavy (non-hydrogen) atoms. The van der Waals surface area contributed by atoms with Crippen molar-refractivity contribution in [3.05, 3.63) is 0 Å². The number of nitrogens with one attached hydrogen (secondary N) is 1. The molecule has 2 aliphatic heterocycles. The van der Waals surface area contributed by atoms with E-state index in [2.05, 4.69) is 51.8 Å². The Morgan fingerprint density at radius 2 is 1.62 bits per heavy atom. The fourth-order valence-corrected chi connectivity index (χ4v) is 3.57. The Hall–Kier alpha value is -0.0800. The van der Waals surface area contributed by atoms with E-state index in [1.165, 1.54) is 19.4 Å². The summed E-state index contributed by atoms with van der Waals surface area (Å²) >= 11 is 0. The van der Waals surface area contributed by atoms with Gasteiger partial charge in [-0.05, 0) is 39.0 Å². The summed E-state index contributed by atoms with van der Waals surface area (Å²) in [4.78, 5) is 2.74. The van der Waals surface area contributed by atoms with Gasteiger partial charge in [0.15, 0.2) is 0 Å². The molecule has 2 bridgehead atoms. The molecule has 0 aromatic carbocycles. The number of hydrogen-bond acceptors (Lipinski definition) is 2. The smallest absolute Gasteiger partial charge is 0.0303 e. The predicted molar refractivity (Wildman–Crippen MR) is 69.6 cm³/mol. The molecule has 0 saturated carbocycles. The summed E-state index contributed by atoms with van der Waals surface area (Å²) in [6.45, 7) is 15.5. The van der Waals surface area contributed by atoms with Crippen LogP contribution in [0.5, 0.6) is 0 Å². The fraction of sp³-hybridized carbons (Fsp3) is 1.00. The highest BCUT2D eigenvalue weighted by atomic mass is 15.3. The molecule has 0 aliphatic carbocycles. The number of likely N-dealkylation sites (tertiary alicyclic amines) is 1. The molecule has 94 valence electrons. The van der Waals surface area contributed by atoms with Crippen molar-refractivity contribution in [2.75, 3.05) is 6.54 Å². The van der Waals surface area contributed by atoms with Gasteiger partial charge in [-0.3, -0.25) is 4.90 Å². The standard InChI is InChI=1S/C14H28N2/c1-13(2,3)12-11-8-7-10(15-11)9-16(12)14(4,5)6/h10-12,15H,7-9H2,1-6H3. The molecule has 3 unspecified atom stereocenters. The fourth-order valence-electron chi connectivity index (χ4n) is 3.57. The molecule has 2 heterocycles. The Labute approximate surface area is 101 Å². The van der Waals surface area contributed by atoms with Crippen molar-refractivity contribution >= 4 is 0 Å². The van der Waals surface area contributed by atoms with Gasteiger partial charge in [-0.15, -0.1) is 0 Å². The van der Waals surface area contributed by atoms with E-state index in [1.807, 2.05) is 0 Å². The molecule has 2 saturated heterocycles. The summed E-state index contributed by atoms with van der Waals surface area (Å²) in [7, 11) is 0. The first-order chi connectivity index (χ1) is 7.19. The molecular weight excluding hydrogens is 196 g/mol. The molecule has 2 heteroatoms. The molecular formula is C14H28N2. The normalized spacial score (nSPS) is 36.8. The maximum Gasteiger partial charge on any atom is 0.0303 e. The van der Waals surface area contributed by atoms with Gasteiger partial charge in [0.05, 0.1) is 0 Å². The van der Waals surface area contributed by atoms with Gasteiger partial charge >= 0.3 is 0 Å². The molecule has 0 amide bonds. The number of piperazine rings is 1. The molecule has 2 rings (SSSR count). The summed E-state index contributed by atoms with van der Waals surface area (Å²) in [6, 6.07) is 2.12. The van der Waals surface area contributed by atoms with Crippen molar-refractivity contribution in [2.24, 2.45) is 5.41 Å². The number of hydrogen-bond donors (Lipinski definition) is 1. The second kappa shape index (κ2) is 3.71. The maximum absolute atomic E-state index is 3.81. The topological polar surface area (TPSA) is 15.3 Å². The van der Waals surface area contributed by atoms with Crippen LogP contribution in [0, 0.1) is 5.41 Å². The second-order valence-corrected chi connectivity index (χ2v) is 7.68.